The van der Waals surface area contributed by atoms with Crippen molar-refractivity contribution in [3.05, 3.63) is 35.5 Å². The van der Waals surface area contributed by atoms with Crippen molar-refractivity contribution in [3.63, 3.8) is 0 Å². The van der Waals surface area contributed by atoms with Gasteiger partial charge < -0.3 is 10.3 Å². The first-order chi connectivity index (χ1) is 7.22. The molecule has 0 fully saturated rings. The minimum absolute atomic E-state index is 0.0481. The number of nitrogens with one attached hydrogen (secondary N) is 2. The number of aromatic nitrogens is 1. The standard InChI is InChI=1S/C12H14N2O/c1-3-13-12(15)11-7-9-8(2)5-4-6-10(9)14-11/h4-7,14H,3H2,1-2H3,(H,13,15). The quantitative estimate of drug-likeness (QED) is 0.770. The van der Waals surface area contributed by atoms with Crippen LogP contribution in [0.5, 0.6) is 0 Å². The van der Waals surface area contributed by atoms with Crippen LogP contribution in [0.1, 0.15) is 23.0 Å². The smallest absolute Gasteiger partial charge is 0.267 e. The Morgan fingerprint density at radius 2 is 2.27 bits per heavy atom. The molecule has 0 unspecified atom stereocenters. The molecule has 0 radical (unpaired) electrons. The molecule has 0 aliphatic rings. The molecule has 0 saturated heterocycles. The van der Waals surface area contributed by atoms with Gasteiger partial charge in [-0.25, -0.2) is 0 Å². The summed E-state index contributed by atoms with van der Waals surface area (Å²) < 4.78 is 0. The van der Waals surface area contributed by atoms with Crippen LogP contribution in [-0.4, -0.2) is 17.4 Å². The maximum absolute atomic E-state index is 11.6. The predicted octanol–water partition coefficient (Wildman–Crippen LogP) is 2.23. The minimum Gasteiger partial charge on any atom is -0.351 e. The Kier molecular flexibility index (Phi) is 2.46. The molecule has 0 saturated carbocycles. The van der Waals surface area contributed by atoms with Gasteiger partial charge in [0.25, 0.3) is 5.91 Å². The number of hydrogen-bond acceptors (Lipinski definition) is 1. The van der Waals surface area contributed by atoms with E-state index < -0.39 is 0 Å². The highest BCUT2D eigenvalue weighted by Crippen LogP contribution is 2.18. The molecule has 0 atom stereocenters. The van der Waals surface area contributed by atoms with E-state index in [1.54, 1.807) is 0 Å². The number of hydrogen-bond donors (Lipinski definition) is 2. The van der Waals surface area contributed by atoms with Crippen molar-refractivity contribution in [2.75, 3.05) is 6.54 Å². The third-order valence-electron chi connectivity index (χ3n) is 2.46. The summed E-state index contributed by atoms with van der Waals surface area (Å²) in [5.74, 6) is -0.0481. The Labute approximate surface area is 88.5 Å². The van der Waals surface area contributed by atoms with E-state index in [1.807, 2.05) is 38.1 Å². The lowest BCUT2D eigenvalue weighted by molar-refractivity contribution is 0.0951. The largest absolute Gasteiger partial charge is 0.351 e. The molecule has 15 heavy (non-hydrogen) atoms. The highest BCUT2D eigenvalue weighted by molar-refractivity contribution is 5.98. The Balaban J connectivity index is 2.47. The summed E-state index contributed by atoms with van der Waals surface area (Å²) in [4.78, 5) is 14.7. The summed E-state index contributed by atoms with van der Waals surface area (Å²) in [6.07, 6.45) is 0. The first-order valence-electron chi connectivity index (χ1n) is 5.09. The third-order valence-corrected chi connectivity index (χ3v) is 2.46. The molecule has 1 aromatic heterocycles. The average Bonchev–Trinajstić information content (AvgIpc) is 2.63. The highest BCUT2D eigenvalue weighted by Gasteiger charge is 2.08. The van der Waals surface area contributed by atoms with Gasteiger partial charge in [0.15, 0.2) is 0 Å². The fraction of sp³-hybridized carbons (Fsp3) is 0.250. The second kappa shape index (κ2) is 3.77. The highest BCUT2D eigenvalue weighted by atomic mass is 16.1. The Morgan fingerprint density at radius 1 is 1.47 bits per heavy atom. The van der Waals surface area contributed by atoms with Gasteiger partial charge in [0.1, 0.15) is 5.69 Å². The first-order valence-corrected chi connectivity index (χ1v) is 5.09. The normalized spacial score (nSPS) is 10.5. The van der Waals surface area contributed by atoms with Crippen LogP contribution >= 0.6 is 0 Å². The predicted molar refractivity (Wildman–Crippen MR) is 61.0 cm³/mol. The maximum Gasteiger partial charge on any atom is 0.267 e. The molecule has 3 heteroatoms. The summed E-state index contributed by atoms with van der Waals surface area (Å²) in [5, 5.41) is 3.88. The molecule has 0 aliphatic heterocycles. The zero-order valence-corrected chi connectivity index (χ0v) is 8.92. The number of rotatable bonds is 2. The fourth-order valence-corrected chi connectivity index (χ4v) is 1.68. The van der Waals surface area contributed by atoms with E-state index >= 15 is 0 Å². The van der Waals surface area contributed by atoms with Crippen LogP contribution in [0.15, 0.2) is 24.3 Å². The monoisotopic (exact) mass is 202 g/mol. The number of aryl methyl sites for hydroxylation is 1. The lowest BCUT2D eigenvalue weighted by Crippen LogP contribution is -2.22. The molecule has 2 N–H and O–H groups in total. The number of amides is 1. The zero-order chi connectivity index (χ0) is 10.8. The Bertz CT molecular complexity index is 499. The van der Waals surface area contributed by atoms with Crippen molar-refractivity contribution in [2.24, 2.45) is 0 Å². The summed E-state index contributed by atoms with van der Waals surface area (Å²) in [6, 6.07) is 7.90. The van der Waals surface area contributed by atoms with Crippen LogP contribution in [0.4, 0.5) is 0 Å². The van der Waals surface area contributed by atoms with E-state index in [4.69, 9.17) is 0 Å². The zero-order valence-electron chi connectivity index (χ0n) is 8.92. The Hall–Kier alpha value is -1.77. The topological polar surface area (TPSA) is 44.9 Å². The van der Waals surface area contributed by atoms with Crippen LogP contribution in [0, 0.1) is 6.92 Å². The van der Waals surface area contributed by atoms with Crippen molar-refractivity contribution >= 4 is 16.8 Å². The third kappa shape index (κ3) is 1.73. The van der Waals surface area contributed by atoms with Crippen molar-refractivity contribution in [3.8, 4) is 0 Å². The second-order valence-electron chi connectivity index (χ2n) is 3.58. The van der Waals surface area contributed by atoms with Crippen molar-refractivity contribution in [1.82, 2.24) is 10.3 Å². The molecule has 1 aromatic carbocycles. The van der Waals surface area contributed by atoms with Gasteiger partial charge in [-0.2, -0.15) is 0 Å². The van der Waals surface area contributed by atoms with E-state index in [0.717, 1.165) is 10.9 Å². The maximum atomic E-state index is 11.6. The van der Waals surface area contributed by atoms with E-state index in [1.165, 1.54) is 5.56 Å². The number of aromatic amines is 1. The molecular weight excluding hydrogens is 188 g/mol. The van der Waals surface area contributed by atoms with E-state index in [2.05, 4.69) is 10.3 Å². The first kappa shape index (κ1) is 9.77. The second-order valence-corrected chi connectivity index (χ2v) is 3.58. The Morgan fingerprint density at radius 3 is 2.93 bits per heavy atom. The van der Waals surface area contributed by atoms with Crippen LogP contribution in [-0.2, 0) is 0 Å². The van der Waals surface area contributed by atoms with Crippen molar-refractivity contribution in [1.29, 1.82) is 0 Å². The van der Waals surface area contributed by atoms with Crippen molar-refractivity contribution < 1.29 is 4.79 Å². The molecule has 1 amide bonds. The van der Waals surface area contributed by atoms with E-state index in [-0.39, 0.29) is 5.91 Å². The lowest BCUT2D eigenvalue weighted by Gasteiger charge is -1.96. The summed E-state index contributed by atoms with van der Waals surface area (Å²) in [7, 11) is 0. The van der Waals surface area contributed by atoms with Crippen LogP contribution in [0.3, 0.4) is 0 Å². The molecule has 3 nitrogen and oxygen atoms in total. The van der Waals surface area contributed by atoms with Gasteiger partial charge in [0.05, 0.1) is 0 Å². The van der Waals surface area contributed by atoms with E-state index in [0.29, 0.717) is 12.2 Å². The van der Waals surface area contributed by atoms with Gasteiger partial charge in [0.2, 0.25) is 0 Å². The number of H-pyrrole nitrogens is 1. The van der Waals surface area contributed by atoms with Gasteiger partial charge in [-0.15, -0.1) is 0 Å². The van der Waals surface area contributed by atoms with Crippen molar-refractivity contribution in [2.45, 2.75) is 13.8 Å². The molecule has 0 bridgehead atoms. The number of fused-ring (bicyclic) bond motifs is 1. The van der Waals surface area contributed by atoms with Gasteiger partial charge >= 0.3 is 0 Å². The summed E-state index contributed by atoms with van der Waals surface area (Å²) in [6.45, 7) is 4.59. The van der Waals surface area contributed by atoms with Crippen LogP contribution < -0.4 is 5.32 Å². The minimum atomic E-state index is -0.0481. The van der Waals surface area contributed by atoms with Gasteiger partial charge in [-0.05, 0) is 31.5 Å². The molecule has 0 spiro atoms. The molecule has 0 aliphatic carbocycles. The molecule has 2 rings (SSSR count). The van der Waals surface area contributed by atoms with E-state index in [9.17, 15) is 4.79 Å². The summed E-state index contributed by atoms with van der Waals surface area (Å²) in [5.41, 5.74) is 2.82. The van der Waals surface area contributed by atoms with Crippen LogP contribution in [0.2, 0.25) is 0 Å². The van der Waals surface area contributed by atoms with Gasteiger partial charge in [-0.3, -0.25) is 4.79 Å². The number of benzene rings is 1. The molecular formula is C12H14N2O. The number of carbonyl (C=O) groups is 1. The molecule has 1 heterocycles. The molecule has 78 valence electrons. The van der Waals surface area contributed by atoms with Gasteiger partial charge in [0, 0.05) is 17.4 Å². The van der Waals surface area contributed by atoms with Crippen LogP contribution in [0.25, 0.3) is 10.9 Å². The lowest BCUT2D eigenvalue weighted by atomic mass is 10.1. The van der Waals surface area contributed by atoms with Gasteiger partial charge in [-0.1, -0.05) is 12.1 Å². The summed E-state index contributed by atoms with van der Waals surface area (Å²) >= 11 is 0. The average molecular weight is 202 g/mol. The molecule has 2 aromatic rings. The number of carbonyl (C=O) groups excluding carboxylic acids is 1. The fourth-order valence-electron chi connectivity index (χ4n) is 1.68. The SMILES string of the molecule is CCNC(=O)c1cc2c(C)cccc2[nH]1.